The van der Waals surface area contributed by atoms with Crippen LogP contribution in [0.25, 0.3) is 5.57 Å². The van der Waals surface area contributed by atoms with Crippen LogP contribution >= 0.6 is 7.92 Å². The van der Waals surface area contributed by atoms with Crippen LogP contribution in [0.1, 0.15) is 102 Å². The van der Waals surface area contributed by atoms with Crippen molar-refractivity contribution in [2.45, 2.75) is 102 Å². The summed E-state index contributed by atoms with van der Waals surface area (Å²) >= 11 is 0. The van der Waals surface area contributed by atoms with Gasteiger partial charge in [0.15, 0.2) is 0 Å². The zero-order valence-corrected chi connectivity index (χ0v) is 19.1. The van der Waals surface area contributed by atoms with Crippen molar-refractivity contribution in [3.8, 4) is 0 Å². The molecular weight excluding hydrogens is 387 g/mol. The third-order valence-corrected chi connectivity index (χ3v) is 10.9. The first-order chi connectivity index (χ1) is 13.9. The first-order valence-corrected chi connectivity index (χ1v) is 12.9. The van der Waals surface area contributed by atoms with Crippen molar-refractivity contribution in [1.29, 1.82) is 0 Å². The molecule has 0 bridgehead atoms. The van der Waals surface area contributed by atoms with Crippen molar-refractivity contribution in [2.75, 3.05) is 0 Å². The summed E-state index contributed by atoms with van der Waals surface area (Å²) in [5.41, 5.74) is 8.55. The minimum atomic E-state index is -3.67. The molecule has 1 unspecified atom stereocenters. The minimum Gasteiger partial charge on any atom is -0.254 e. The predicted octanol–water partition coefficient (Wildman–Crippen LogP) is 8.25. The van der Waals surface area contributed by atoms with Gasteiger partial charge in [-0.1, -0.05) is 77.1 Å². The Balaban J connectivity index is 0.000000552. The van der Waals surface area contributed by atoms with Crippen LogP contribution in [0, 0.1) is 0 Å². The molecule has 0 N–H and O–H groups in total. The van der Waals surface area contributed by atoms with Gasteiger partial charge in [-0.05, 0) is 72.9 Å². The molecule has 3 aliphatic rings. The fraction of sp³-hybridized carbons (Fsp3) is 0.667. The van der Waals surface area contributed by atoms with Gasteiger partial charge in [-0.15, -0.1) is 0 Å². The Labute approximate surface area is 176 Å². The second-order valence-corrected chi connectivity index (χ2v) is 11.8. The smallest absolute Gasteiger partial charge is 0.254 e. The van der Waals surface area contributed by atoms with Crippen LogP contribution in [0.5, 0.6) is 0 Å². The number of benzene rings is 1. The molecule has 0 saturated heterocycles. The Bertz CT molecular complexity index is 685. The highest BCUT2D eigenvalue weighted by Crippen LogP contribution is 2.57. The van der Waals surface area contributed by atoms with E-state index in [1.165, 1.54) is 64.2 Å². The second-order valence-electron chi connectivity index (χ2n) is 9.01. The lowest BCUT2D eigenvalue weighted by molar-refractivity contribution is 0.487. The Morgan fingerprint density at radius 3 is 1.79 bits per heavy atom. The SMILES string of the molecule is CC1=C(C)C(C)c2cccc(P(C3CCCCC3)C3CCCCC3)c21.FB(F)F. The van der Waals surface area contributed by atoms with Crippen LogP contribution < -0.4 is 5.30 Å². The largest absolute Gasteiger partial charge is 0.762 e. The second kappa shape index (κ2) is 10.5. The Kier molecular flexibility index (Phi) is 8.31. The van der Waals surface area contributed by atoms with E-state index in [4.69, 9.17) is 0 Å². The molecule has 1 aromatic rings. The average molecular weight is 422 g/mol. The molecule has 0 aliphatic heterocycles. The highest BCUT2D eigenvalue weighted by Gasteiger charge is 2.36. The molecular formula is C24H35BF3P. The molecule has 0 radical (unpaired) electrons. The topological polar surface area (TPSA) is 0 Å². The minimum absolute atomic E-state index is 0.00618. The Morgan fingerprint density at radius 2 is 1.31 bits per heavy atom. The Hall–Kier alpha value is -0.755. The molecule has 1 atom stereocenters. The van der Waals surface area contributed by atoms with Gasteiger partial charge in [0.25, 0.3) is 0 Å². The van der Waals surface area contributed by atoms with Crippen LogP contribution in [0.3, 0.4) is 0 Å². The summed E-state index contributed by atoms with van der Waals surface area (Å²) in [5.74, 6) is 0.629. The average Bonchev–Trinajstić information content (AvgIpc) is 2.94. The first kappa shape index (κ1) is 22.9. The third kappa shape index (κ3) is 5.30. The van der Waals surface area contributed by atoms with Gasteiger partial charge >= 0.3 is 7.54 Å². The van der Waals surface area contributed by atoms with Crippen molar-refractivity contribution in [3.05, 3.63) is 34.9 Å². The van der Waals surface area contributed by atoms with Crippen molar-refractivity contribution < 1.29 is 12.9 Å². The summed E-state index contributed by atoms with van der Waals surface area (Å²) in [6.45, 7) is 7.18. The van der Waals surface area contributed by atoms with Gasteiger partial charge in [0.05, 0.1) is 0 Å². The summed E-state index contributed by atoms with van der Waals surface area (Å²) < 4.78 is 29.0. The van der Waals surface area contributed by atoms with Crippen molar-refractivity contribution in [3.63, 3.8) is 0 Å². The van der Waals surface area contributed by atoms with Gasteiger partial charge < -0.3 is 0 Å². The van der Waals surface area contributed by atoms with E-state index in [-0.39, 0.29) is 7.92 Å². The van der Waals surface area contributed by atoms with Crippen LogP contribution in [-0.2, 0) is 0 Å². The molecule has 4 rings (SSSR count). The first-order valence-electron chi connectivity index (χ1n) is 11.4. The quantitative estimate of drug-likeness (QED) is 0.340. The van der Waals surface area contributed by atoms with Crippen molar-refractivity contribution in [1.82, 2.24) is 0 Å². The predicted molar refractivity (Wildman–Crippen MR) is 123 cm³/mol. The van der Waals surface area contributed by atoms with Crippen molar-refractivity contribution in [2.24, 2.45) is 0 Å². The molecule has 1 aromatic carbocycles. The zero-order valence-electron chi connectivity index (χ0n) is 18.2. The van der Waals surface area contributed by atoms with Gasteiger partial charge in [-0.2, -0.15) is 0 Å². The molecule has 2 fully saturated rings. The number of hydrogen-bond donors (Lipinski definition) is 0. The zero-order chi connectivity index (χ0) is 21.0. The molecule has 0 amide bonds. The normalized spacial score (nSPS) is 23.1. The van der Waals surface area contributed by atoms with Crippen LogP contribution in [0.2, 0.25) is 0 Å². The summed E-state index contributed by atoms with van der Waals surface area (Å²) in [6, 6.07) is 7.35. The lowest BCUT2D eigenvalue weighted by Gasteiger charge is -2.39. The van der Waals surface area contributed by atoms with E-state index in [1.54, 1.807) is 27.6 Å². The van der Waals surface area contributed by atoms with E-state index in [1.807, 2.05) is 0 Å². The number of rotatable bonds is 3. The van der Waals surface area contributed by atoms with E-state index in [9.17, 15) is 12.9 Å². The summed E-state index contributed by atoms with van der Waals surface area (Å²) in [6.07, 6.45) is 14.9. The molecule has 29 heavy (non-hydrogen) atoms. The van der Waals surface area contributed by atoms with E-state index < -0.39 is 7.54 Å². The van der Waals surface area contributed by atoms with Crippen molar-refractivity contribution >= 4 is 26.3 Å². The number of allylic oxidation sites excluding steroid dienone is 2. The van der Waals surface area contributed by atoms with Gasteiger partial charge in [-0.3, -0.25) is 12.9 Å². The molecule has 0 nitrogen and oxygen atoms in total. The number of halogens is 3. The molecule has 0 aromatic heterocycles. The molecule has 3 aliphatic carbocycles. The van der Waals surface area contributed by atoms with E-state index >= 15 is 0 Å². The fourth-order valence-corrected chi connectivity index (χ4v) is 9.75. The van der Waals surface area contributed by atoms with E-state index in [2.05, 4.69) is 39.0 Å². The van der Waals surface area contributed by atoms with Gasteiger partial charge in [0.1, 0.15) is 0 Å². The standard InChI is InChI=1S/C24H35P.BF3/c1-17-18(2)22-15-10-16-23(24(22)19(17)3)25(20-11-6-4-7-12-20)21-13-8-5-9-14-21;2-1(3)4/h10,15-16,18,20-21H,4-9,11-14H2,1-3H3;. The van der Waals surface area contributed by atoms with E-state index in [0.29, 0.717) is 5.92 Å². The fourth-order valence-electron chi connectivity index (χ4n) is 5.71. The molecule has 0 spiro atoms. The molecule has 5 heteroatoms. The third-order valence-electron chi connectivity index (χ3n) is 7.37. The van der Waals surface area contributed by atoms with Gasteiger partial charge in [0, 0.05) is 5.92 Å². The van der Waals surface area contributed by atoms with Crippen LogP contribution in [0.15, 0.2) is 23.8 Å². The summed E-state index contributed by atoms with van der Waals surface area (Å²) in [7, 11) is -3.66. The maximum absolute atomic E-state index is 9.67. The van der Waals surface area contributed by atoms with Crippen LogP contribution in [-0.4, -0.2) is 18.9 Å². The monoisotopic (exact) mass is 422 g/mol. The molecule has 0 heterocycles. The van der Waals surface area contributed by atoms with Crippen LogP contribution in [0.4, 0.5) is 12.9 Å². The Morgan fingerprint density at radius 1 is 0.828 bits per heavy atom. The maximum atomic E-state index is 9.67. The van der Waals surface area contributed by atoms with Gasteiger partial charge in [0.2, 0.25) is 0 Å². The number of hydrogen-bond acceptors (Lipinski definition) is 0. The summed E-state index contributed by atoms with van der Waals surface area (Å²) in [5, 5.41) is 1.80. The summed E-state index contributed by atoms with van der Waals surface area (Å²) in [4.78, 5) is 0. The lowest BCUT2D eigenvalue weighted by Crippen LogP contribution is -2.27. The van der Waals surface area contributed by atoms with E-state index in [0.717, 1.165) is 11.3 Å². The number of fused-ring (bicyclic) bond motifs is 1. The highest BCUT2D eigenvalue weighted by molar-refractivity contribution is 7.67. The van der Waals surface area contributed by atoms with Gasteiger partial charge in [-0.25, -0.2) is 0 Å². The molecule has 160 valence electrons. The maximum Gasteiger partial charge on any atom is 0.762 e. The molecule has 2 saturated carbocycles. The lowest BCUT2D eigenvalue weighted by atomic mass is 9.99. The highest BCUT2D eigenvalue weighted by atomic mass is 31.1.